The summed E-state index contributed by atoms with van der Waals surface area (Å²) in [6.45, 7) is 0. The van der Waals surface area contributed by atoms with Crippen molar-refractivity contribution in [2.45, 2.75) is 25.7 Å². The van der Waals surface area contributed by atoms with E-state index in [2.05, 4.69) is 0 Å². The number of aliphatic carboxylic acids is 2. The summed E-state index contributed by atoms with van der Waals surface area (Å²) in [7, 11) is 0. The number of hydrogen-bond acceptors (Lipinski definition) is 4. The number of rotatable bonds is 5. The molecule has 0 rings (SSSR count). The molecule has 0 aromatic rings. The molecule has 4 nitrogen and oxygen atoms in total. The van der Waals surface area contributed by atoms with Crippen molar-refractivity contribution in [3.05, 3.63) is 0 Å². The molecule has 0 aliphatic heterocycles. The van der Waals surface area contributed by atoms with Crippen molar-refractivity contribution in [1.82, 2.24) is 0 Å². The van der Waals surface area contributed by atoms with E-state index in [-0.39, 0.29) is 36.7 Å². The summed E-state index contributed by atoms with van der Waals surface area (Å²) in [6.07, 6.45) is 0.535. The first kappa shape index (κ1) is 13.3. The zero-order valence-electron chi connectivity index (χ0n) is 6.17. The molecule has 0 N–H and O–H groups in total. The van der Waals surface area contributed by atoms with Crippen LogP contribution in [0.4, 0.5) is 0 Å². The number of carboxylic acids is 2. The van der Waals surface area contributed by atoms with Crippen molar-refractivity contribution in [3.8, 4) is 0 Å². The van der Waals surface area contributed by atoms with Crippen LogP contribution in [0.3, 0.4) is 0 Å². The second kappa shape index (κ2) is 7.84. The monoisotopic (exact) mass is 266 g/mol. The fourth-order valence-corrected chi connectivity index (χ4v) is 0.539. The van der Waals surface area contributed by atoms with Crippen LogP contribution in [0.2, 0.25) is 0 Å². The fraction of sp³-hybridized carbons (Fsp3) is 0.667. The average Bonchev–Trinajstić information content (AvgIpc) is 1.79. The van der Waals surface area contributed by atoms with Gasteiger partial charge in [-0.3, -0.25) is 0 Å². The molecule has 0 fully saturated rings. The fourth-order valence-electron chi connectivity index (χ4n) is 0.539. The molecule has 0 unspecified atom stereocenters. The van der Waals surface area contributed by atoms with E-state index in [9.17, 15) is 19.8 Å². The van der Waals surface area contributed by atoms with Gasteiger partial charge in [-0.25, -0.2) is 0 Å². The Morgan fingerprint density at radius 2 is 1.18 bits per heavy atom. The normalized spacial score (nSPS) is 8.36. The first-order valence-corrected chi connectivity index (χ1v) is 3.02. The maximum atomic E-state index is 9.77. The molecule has 0 heterocycles. The molecule has 0 aliphatic rings. The molecule has 0 amide bonds. The first-order chi connectivity index (χ1) is 4.63. The zero-order chi connectivity index (χ0) is 7.98. The maximum absolute atomic E-state index is 9.77. The van der Waals surface area contributed by atoms with Gasteiger partial charge < -0.3 is 19.8 Å². The van der Waals surface area contributed by atoms with E-state index in [4.69, 9.17) is 0 Å². The van der Waals surface area contributed by atoms with Gasteiger partial charge >= 0.3 is 23.9 Å². The molecular weight excluding hydrogens is 255 g/mol. The first-order valence-electron chi connectivity index (χ1n) is 3.02. The third-order valence-corrected chi connectivity index (χ3v) is 1.01. The molecule has 0 saturated carbocycles. The summed E-state index contributed by atoms with van der Waals surface area (Å²) in [6, 6.07) is 0. The molecule has 0 aromatic heterocycles. The zero-order valence-corrected chi connectivity index (χ0v) is 10.2. The molecule has 0 aliphatic carbocycles. The van der Waals surface area contributed by atoms with E-state index in [0.717, 1.165) is 0 Å². The Kier molecular flexibility index (Phi) is 9.51. The molecule has 0 saturated heterocycles. The quantitative estimate of drug-likeness (QED) is 0.395. The Balaban J connectivity index is 0. The van der Waals surface area contributed by atoms with Gasteiger partial charge in [0.05, 0.1) is 0 Å². The third-order valence-electron chi connectivity index (χ3n) is 1.01. The Morgan fingerprint density at radius 1 is 0.909 bits per heavy atom. The number of unbranched alkanes of at least 4 members (excludes halogenated alkanes) is 1. The van der Waals surface area contributed by atoms with Crippen LogP contribution in [0, 0.1) is 0 Å². The van der Waals surface area contributed by atoms with Crippen molar-refractivity contribution in [2.75, 3.05) is 0 Å². The summed E-state index contributed by atoms with van der Waals surface area (Å²) in [5.41, 5.74) is 0. The van der Waals surface area contributed by atoms with Crippen LogP contribution in [0.25, 0.3) is 0 Å². The molecule has 62 valence electrons. The molecule has 5 heteroatoms. The van der Waals surface area contributed by atoms with Crippen molar-refractivity contribution in [2.24, 2.45) is 0 Å². The van der Waals surface area contributed by atoms with E-state index >= 15 is 0 Å². The molecule has 0 atom stereocenters. The van der Waals surface area contributed by atoms with Gasteiger partial charge in [0, 0.05) is 11.9 Å². The predicted octanol–water partition coefficient (Wildman–Crippen LogP) is -2.87. The van der Waals surface area contributed by atoms with Gasteiger partial charge in [0.1, 0.15) is 0 Å². The Morgan fingerprint density at radius 3 is 1.36 bits per heavy atom. The van der Waals surface area contributed by atoms with Gasteiger partial charge in [0.2, 0.25) is 0 Å². The van der Waals surface area contributed by atoms with Crippen LogP contribution >= 0.6 is 0 Å². The molecule has 11 heavy (non-hydrogen) atoms. The van der Waals surface area contributed by atoms with Gasteiger partial charge in [-0.15, -0.1) is 0 Å². The minimum absolute atomic E-state index is 0. The minimum atomic E-state index is -1.14. The molecule has 0 spiro atoms. The van der Waals surface area contributed by atoms with Crippen LogP contribution < -0.4 is 10.2 Å². The van der Waals surface area contributed by atoms with Crippen molar-refractivity contribution < 1.29 is 19.8 Å². The molecule has 0 radical (unpaired) electrons. The Bertz CT molecular complexity index is 119. The molecule has 0 aromatic carbocycles. The summed E-state index contributed by atoms with van der Waals surface area (Å²) >= 11 is 0. The van der Waals surface area contributed by atoms with E-state index in [1.807, 2.05) is 0 Å². The second-order valence-electron chi connectivity index (χ2n) is 1.95. The summed E-state index contributed by atoms with van der Waals surface area (Å²) in [4.78, 5) is 19.5. The van der Waals surface area contributed by atoms with Crippen LogP contribution in [0.15, 0.2) is 0 Å². The van der Waals surface area contributed by atoms with Crippen molar-refractivity contribution in [3.63, 3.8) is 0 Å². The topological polar surface area (TPSA) is 80.3 Å². The standard InChI is InChI=1S/C6H10O4.Sn.2H/c7-5(8)3-1-2-4-6(9)10;;;/h1-4H2,(H,7,8)(H,9,10);;;/q;+2;;/p-2. The summed E-state index contributed by atoms with van der Waals surface area (Å²) in [5.74, 6) is -2.28. The van der Waals surface area contributed by atoms with Gasteiger partial charge in [-0.1, -0.05) is 0 Å². The van der Waals surface area contributed by atoms with Gasteiger partial charge in [-0.05, 0) is 25.7 Å². The van der Waals surface area contributed by atoms with Crippen molar-refractivity contribution >= 4 is 35.8 Å². The van der Waals surface area contributed by atoms with Gasteiger partial charge in [0.25, 0.3) is 0 Å². The Hall–Kier alpha value is -0.261. The van der Waals surface area contributed by atoms with Gasteiger partial charge in [0.15, 0.2) is 0 Å². The van der Waals surface area contributed by atoms with Crippen LogP contribution in [-0.4, -0.2) is 35.8 Å². The average molecular weight is 265 g/mol. The Labute approximate surface area is 81.6 Å². The van der Waals surface area contributed by atoms with E-state index in [0.29, 0.717) is 12.8 Å². The summed E-state index contributed by atoms with van der Waals surface area (Å²) in [5, 5.41) is 19.5. The van der Waals surface area contributed by atoms with Crippen molar-refractivity contribution in [1.29, 1.82) is 0 Å². The van der Waals surface area contributed by atoms with E-state index in [1.54, 1.807) is 0 Å². The predicted molar refractivity (Wildman–Crippen MR) is 37.0 cm³/mol. The van der Waals surface area contributed by atoms with Crippen LogP contribution in [-0.2, 0) is 9.59 Å². The number of carboxylic acid groups (broad SMARTS) is 2. The summed E-state index contributed by atoms with van der Waals surface area (Å²) < 4.78 is 0. The van der Waals surface area contributed by atoms with Crippen LogP contribution in [0.1, 0.15) is 25.7 Å². The second-order valence-corrected chi connectivity index (χ2v) is 1.95. The number of carbonyl (C=O) groups excluding carboxylic acids is 2. The third kappa shape index (κ3) is 12.8. The molecular formula is C6H10O4Sn. The number of carbonyl (C=O) groups is 2. The number of hydrogen-bond donors (Lipinski definition) is 0. The van der Waals surface area contributed by atoms with E-state index in [1.165, 1.54) is 0 Å². The molecule has 0 bridgehead atoms. The van der Waals surface area contributed by atoms with Crippen LogP contribution in [0.5, 0.6) is 0 Å². The van der Waals surface area contributed by atoms with E-state index < -0.39 is 11.9 Å². The SMILES string of the molecule is O=C([O-])CCCCC(=O)[O-].[SnH2+2]. The van der Waals surface area contributed by atoms with Gasteiger partial charge in [-0.2, -0.15) is 0 Å².